The van der Waals surface area contributed by atoms with Gasteiger partial charge >= 0.3 is 0 Å². The maximum absolute atomic E-state index is 6.14. The zero-order valence-corrected chi connectivity index (χ0v) is 12.6. The lowest BCUT2D eigenvalue weighted by atomic mass is 10.2. The number of fused-ring (bicyclic) bond motifs is 1. The standard InChI is InChI=1S/C14H9Cl3N2O/c1-20-13-9(16)4-7(5-10(13)17)14-18-11-3-2-8(15)6-12(11)19-14/h2-6H,1H3,(H,18,19). The first kappa shape index (κ1) is 13.6. The number of nitrogens with zero attached hydrogens (tertiary/aromatic N) is 1. The van der Waals surface area contributed by atoms with Crippen molar-refractivity contribution < 1.29 is 4.74 Å². The zero-order valence-electron chi connectivity index (χ0n) is 10.4. The first-order chi connectivity index (χ1) is 9.58. The van der Waals surface area contributed by atoms with E-state index in [9.17, 15) is 0 Å². The lowest BCUT2D eigenvalue weighted by Crippen LogP contribution is -1.88. The van der Waals surface area contributed by atoms with Gasteiger partial charge in [0.05, 0.1) is 28.2 Å². The molecule has 0 saturated carbocycles. The summed E-state index contributed by atoms with van der Waals surface area (Å²) in [6.45, 7) is 0. The van der Waals surface area contributed by atoms with Gasteiger partial charge in [0.25, 0.3) is 0 Å². The lowest BCUT2D eigenvalue weighted by molar-refractivity contribution is 0.415. The Morgan fingerprint density at radius 2 is 1.75 bits per heavy atom. The van der Waals surface area contributed by atoms with Crippen molar-refractivity contribution in [3.8, 4) is 17.1 Å². The van der Waals surface area contributed by atoms with E-state index >= 15 is 0 Å². The SMILES string of the molecule is COc1c(Cl)cc(-c2nc3ccc(Cl)cc3[nH]2)cc1Cl. The van der Waals surface area contributed by atoms with Crippen LogP contribution >= 0.6 is 34.8 Å². The van der Waals surface area contributed by atoms with Crippen molar-refractivity contribution in [2.24, 2.45) is 0 Å². The van der Waals surface area contributed by atoms with Crippen LogP contribution in [-0.4, -0.2) is 17.1 Å². The van der Waals surface area contributed by atoms with Crippen LogP contribution in [0.5, 0.6) is 5.75 Å². The minimum Gasteiger partial charge on any atom is -0.494 e. The molecule has 3 rings (SSSR count). The molecule has 0 spiro atoms. The van der Waals surface area contributed by atoms with Crippen LogP contribution in [0, 0.1) is 0 Å². The molecule has 0 bridgehead atoms. The van der Waals surface area contributed by atoms with Crippen molar-refractivity contribution >= 4 is 45.8 Å². The highest BCUT2D eigenvalue weighted by molar-refractivity contribution is 6.37. The summed E-state index contributed by atoms with van der Waals surface area (Å²) in [6, 6.07) is 8.98. The van der Waals surface area contributed by atoms with Gasteiger partial charge in [-0.25, -0.2) is 4.98 Å². The number of hydrogen-bond donors (Lipinski definition) is 1. The third kappa shape index (κ3) is 2.33. The number of benzene rings is 2. The van der Waals surface area contributed by atoms with Crippen LogP contribution in [0.3, 0.4) is 0 Å². The molecule has 20 heavy (non-hydrogen) atoms. The van der Waals surface area contributed by atoms with Gasteiger partial charge in [-0.3, -0.25) is 0 Å². The highest BCUT2D eigenvalue weighted by Crippen LogP contribution is 2.37. The summed E-state index contributed by atoms with van der Waals surface area (Å²) >= 11 is 18.2. The quantitative estimate of drug-likeness (QED) is 0.702. The molecule has 3 aromatic rings. The maximum atomic E-state index is 6.14. The van der Waals surface area contributed by atoms with E-state index in [4.69, 9.17) is 39.5 Å². The van der Waals surface area contributed by atoms with E-state index in [2.05, 4.69) is 9.97 Å². The van der Waals surface area contributed by atoms with Gasteiger partial charge < -0.3 is 9.72 Å². The van der Waals surface area contributed by atoms with Crippen molar-refractivity contribution in [2.45, 2.75) is 0 Å². The van der Waals surface area contributed by atoms with E-state index in [-0.39, 0.29) is 0 Å². The summed E-state index contributed by atoms with van der Waals surface area (Å²) in [4.78, 5) is 7.68. The van der Waals surface area contributed by atoms with Gasteiger partial charge in [0.1, 0.15) is 5.82 Å². The normalized spacial score (nSPS) is 11.0. The molecule has 3 nitrogen and oxygen atoms in total. The van der Waals surface area contributed by atoms with Crippen LogP contribution in [0.15, 0.2) is 30.3 Å². The van der Waals surface area contributed by atoms with Crippen molar-refractivity contribution in [3.63, 3.8) is 0 Å². The molecule has 0 radical (unpaired) electrons. The molecule has 6 heteroatoms. The molecule has 0 fully saturated rings. The lowest BCUT2D eigenvalue weighted by Gasteiger charge is -2.07. The average Bonchev–Trinajstić information content (AvgIpc) is 2.81. The number of hydrogen-bond acceptors (Lipinski definition) is 2. The molecular weight excluding hydrogens is 319 g/mol. The molecule has 0 saturated heterocycles. The van der Waals surface area contributed by atoms with E-state index in [1.807, 2.05) is 12.1 Å². The van der Waals surface area contributed by atoms with Crippen molar-refractivity contribution in [1.29, 1.82) is 0 Å². The number of nitrogens with one attached hydrogen (secondary N) is 1. The number of aromatic amines is 1. The molecule has 1 heterocycles. The molecule has 0 atom stereocenters. The third-order valence-corrected chi connectivity index (χ3v) is 3.72. The maximum Gasteiger partial charge on any atom is 0.156 e. The van der Waals surface area contributed by atoms with Crippen LogP contribution in [0.2, 0.25) is 15.1 Å². The fourth-order valence-corrected chi connectivity index (χ4v) is 2.82. The largest absolute Gasteiger partial charge is 0.494 e. The average molecular weight is 328 g/mol. The number of halogens is 3. The van der Waals surface area contributed by atoms with Crippen LogP contribution in [0.4, 0.5) is 0 Å². The number of rotatable bonds is 2. The molecule has 0 aliphatic heterocycles. The van der Waals surface area contributed by atoms with Crippen molar-refractivity contribution in [1.82, 2.24) is 9.97 Å². The Labute approximate surface area is 130 Å². The Hall–Kier alpha value is -1.42. The zero-order chi connectivity index (χ0) is 14.3. The van der Waals surface area contributed by atoms with Crippen LogP contribution < -0.4 is 4.74 Å². The van der Waals surface area contributed by atoms with E-state index in [0.717, 1.165) is 16.6 Å². The van der Waals surface area contributed by atoms with Crippen LogP contribution in [0.1, 0.15) is 0 Å². The summed E-state index contributed by atoms with van der Waals surface area (Å²) in [7, 11) is 1.52. The molecule has 0 amide bonds. The molecular formula is C14H9Cl3N2O. The van der Waals surface area contributed by atoms with Gasteiger partial charge in [-0.05, 0) is 30.3 Å². The molecule has 0 unspecified atom stereocenters. The Bertz CT molecular complexity index is 775. The van der Waals surface area contributed by atoms with Crippen LogP contribution in [-0.2, 0) is 0 Å². The minimum atomic E-state index is 0.438. The minimum absolute atomic E-state index is 0.438. The summed E-state index contributed by atoms with van der Waals surface area (Å²) in [5.74, 6) is 1.13. The first-order valence-electron chi connectivity index (χ1n) is 5.77. The first-order valence-corrected chi connectivity index (χ1v) is 6.90. The van der Waals surface area contributed by atoms with Gasteiger partial charge in [-0.1, -0.05) is 34.8 Å². The fraction of sp³-hybridized carbons (Fsp3) is 0.0714. The van der Waals surface area contributed by atoms with E-state index in [1.165, 1.54) is 7.11 Å². The number of imidazole rings is 1. The third-order valence-electron chi connectivity index (χ3n) is 2.92. The molecule has 102 valence electrons. The highest BCUT2D eigenvalue weighted by Gasteiger charge is 2.12. The number of methoxy groups -OCH3 is 1. The second kappa shape index (κ2) is 5.17. The number of aromatic nitrogens is 2. The van der Waals surface area contributed by atoms with E-state index < -0.39 is 0 Å². The number of H-pyrrole nitrogens is 1. The summed E-state index contributed by atoms with van der Waals surface area (Å²) in [6.07, 6.45) is 0. The van der Waals surface area contributed by atoms with Crippen LogP contribution in [0.25, 0.3) is 22.4 Å². The summed E-state index contributed by atoms with van der Waals surface area (Å²) in [5.41, 5.74) is 2.47. The van der Waals surface area contributed by atoms with Crippen molar-refractivity contribution in [3.05, 3.63) is 45.4 Å². The summed E-state index contributed by atoms with van der Waals surface area (Å²) < 4.78 is 5.13. The van der Waals surface area contributed by atoms with Gasteiger partial charge in [0.15, 0.2) is 5.75 Å². The van der Waals surface area contributed by atoms with Gasteiger partial charge in [-0.15, -0.1) is 0 Å². The van der Waals surface area contributed by atoms with E-state index in [0.29, 0.717) is 26.6 Å². The van der Waals surface area contributed by atoms with Gasteiger partial charge in [0, 0.05) is 10.6 Å². The topological polar surface area (TPSA) is 37.9 Å². The Balaban J connectivity index is 2.15. The smallest absolute Gasteiger partial charge is 0.156 e. The Morgan fingerprint density at radius 1 is 1.05 bits per heavy atom. The van der Waals surface area contributed by atoms with Crippen molar-refractivity contribution in [2.75, 3.05) is 7.11 Å². The van der Waals surface area contributed by atoms with Gasteiger partial charge in [-0.2, -0.15) is 0 Å². The molecule has 2 aromatic carbocycles. The monoisotopic (exact) mass is 326 g/mol. The highest BCUT2D eigenvalue weighted by atomic mass is 35.5. The second-order valence-electron chi connectivity index (χ2n) is 4.22. The molecule has 0 aliphatic rings. The predicted octanol–water partition coefficient (Wildman–Crippen LogP) is 5.20. The second-order valence-corrected chi connectivity index (χ2v) is 5.47. The fourth-order valence-electron chi connectivity index (χ4n) is 2.01. The molecule has 1 aromatic heterocycles. The predicted molar refractivity (Wildman–Crippen MR) is 83.1 cm³/mol. The molecule has 1 N–H and O–H groups in total. The number of ether oxygens (including phenoxy) is 1. The Kier molecular flexibility index (Phi) is 3.50. The van der Waals surface area contributed by atoms with Gasteiger partial charge in [0.2, 0.25) is 0 Å². The Morgan fingerprint density at radius 3 is 2.40 bits per heavy atom. The summed E-state index contributed by atoms with van der Waals surface area (Å²) in [5, 5.41) is 1.53. The molecule has 0 aliphatic carbocycles. The van der Waals surface area contributed by atoms with E-state index in [1.54, 1.807) is 18.2 Å².